The summed E-state index contributed by atoms with van der Waals surface area (Å²) in [5.41, 5.74) is 0. The molecule has 0 spiro atoms. The van der Waals surface area contributed by atoms with E-state index in [1.807, 2.05) is 0 Å². The van der Waals surface area contributed by atoms with Crippen LogP contribution < -0.4 is 44.2 Å². The Morgan fingerprint density at radius 1 is 0.538 bits per heavy atom. The van der Waals surface area contributed by atoms with Crippen molar-refractivity contribution in [3.05, 3.63) is 0 Å². The summed E-state index contributed by atoms with van der Waals surface area (Å²) in [7, 11) is 0. The Kier molecular flexibility index (Phi) is 33.5. The van der Waals surface area contributed by atoms with Gasteiger partial charge in [0, 0.05) is 0 Å². The Morgan fingerprint density at radius 2 is 0.808 bits per heavy atom. The minimum atomic E-state index is -2.50. The molecule has 28 heteroatoms. The molecule has 2 heterocycles. The van der Waals surface area contributed by atoms with Crippen LogP contribution >= 0.6 is 0 Å². The fourth-order valence-electron chi connectivity index (χ4n) is 4.31. The van der Waals surface area contributed by atoms with E-state index in [1.165, 1.54) is 0 Å². The van der Waals surface area contributed by atoms with Crippen LogP contribution in [0.3, 0.4) is 0 Å². The van der Waals surface area contributed by atoms with Crippen molar-refractivity contribution in [3.63, 3.8) is 0 Å². The third-order valence-electron chi connectivity index (χ3n) is 7.22. The molecule has 18 atom stereocenters. The van der Waals surface area contributed by atoms with E-state index in [0.717, 1.165) is 0 Å². The summed E-state index contributed by atoms with van der Waals surface area (Å²) in [6.07, 6.45) is -34.5. The fourth-order valence-corrected chi connectivity index (χ4v) is 4.31. The van der Waals surface area contributed by atoms with Crippen LogP contribution in [-0.2, 0) is 28.5 Å². The quantitative estimate of drug-likeness (QED) is 0.0639. The summed E-state index contributed by atoms with van der Waals surface area (Å²) >= 11 is 0. The molecule has 0 saturated carbocycles. The van der Waals surface area contributed by atoms with Gasteiger partial charge in [-0.25, -0.2) is 0 Å². The van der Waals surface area contributed by atoms with Crippen molar-refractivity contribution in [1.29, 1.82) is 0 Å². The topological polar surface area (TPSA) is 441 Å². The number of aliphatic hydroxyl groups excluding tert-OH is 16. The average molecular weight is 955 g/mol. The normalized spacial score (nSPS) is 33.2. The van der Waals surface area contributed by atoms with Crippen LogP contribution in [0, 0.1) is 0 Å². The average Bonchev–Trinajstić information content (AvgIpc) is 3.07. The van der Waals surface area contributed by atoms with Gasteiger partial charge in [-0.3, -0.25) is 0 Å². The van der Waals surface area contributed by atoms with Gasteiger partial charge >= 0.3 is 75.5 Å². The molecule has 2 aliphatic rings. The molecule has 2 aliphatic heterocycles. The van der Waals surface area contributed by atoms with Crippen LogP contribution in [0.4, 0.5) is 0 Å². The second kappa shape index (κ2) is 28.9. The molecule has 0 unspecified atom stereocenters. The number of rotatable bonds is 16. The number of hydrogen-bond acceptors (Lipinski definition) is 24. The number of aliphatic hydroxyl groups is 16. The summed E-state index contributed by atoms with van der Waals surface area (Å²) in [4.78, 5) is 21.2. The first-order valence-corrected chi connectivity index (χ1v) is 13.9. The zero-order valence-electron chi connectivity index (χ0n) is 26.8. The van der Waals surface area contributed by atoms with Crippen LogP contribution in [-0.4, -0.2) is 306 Å². The van der Waals surface area contributed by atoms with Crippen LogP contribution in [0.15, 0.2) is 0 Å². The number of halogens is 2. The Balaban J connectivity index is -0.000000411. The molecule has 2 rings (SSSR count). The van der Waals surface area contributed by atoms with Gasteiger partial charge in [0.15, 0.2) is 12.6 Å². The summed E-state index contributed by atoms with van der Waals surface area (Å²) < 4.78 is 19.9. The van der Waals surface area contributed by atoms with Crippen molar-refractivity contribution in [2.24, 2.45) is 0 Å². The molecule has 2 fully saturated rings. The van der Waals surface area contributed by atoms with E-state index in [9.17, 15) is 81.1 Å². The molecule has 300 valence electrons. The van der Waals surface area contributed by atoms with Crippen LogP contribution in [0.5, 0.6) is 0 Å². The largest absolute Gasteiger partial charge is 2.00 e. The number of hydrogen-bond donors (Lipinski definition) is 16. The number of aliphatic carboxylic acids is 2. The molecule has 0 aromatic carbocycles. The van der Waals surface area contributed by atoms with Gasteiger partial charge in [0.2, 0.25) is 0 Å². The Bertz CT molecular complexity index is 905. The van der Waals surface area contributed by atoms with E-state index in [0.29, 0.717) is 0 Å². The number of carboxylic acids is 2. The van der Waals surface area contributed by atoms with E-state index in [-0.39, 0.29) is 109 Å². The Morgan fingerprint density at radius 3 is 1.02 bits per heavy atom. The monoisotopic (exact) mass is 952 g/mol. The standard InChI is InChI=1S/2C12H22O12.2BrH.2Ca/c2*13-1-3(15)10(7(18)8(19)11(21)22)24-12-9(20)6(17)5(16)4(2-14)23-12;;;;/h2*3-10,12-20H,1-2H2,(H,21,22);2*1H;;/q;;;;2*+2/p-4/t2*3-,4-,5+,6+,7-,8-,9-,10-,12+;;;;/m11..../s1. The molecule has 16 N–H and O–H groups in total. The summed E-state index contributed by atoms with van der Waals surface area (Å²) in [5, 5.41) is 173. The van der Waals surface area contributed by atoms with Crippen LogP contribution in [0.2, 0.25) is 0 Å². The van der Waals surface area contributed by atoms with Gasteiger partial charge in [-0.15, -0.1) is 0 Å². The van der Waals surface area contributed by atoms with Crippen molar-refractivity contribution in [1.82, 2.24) is 0 Å². The Labute approximate surface area is 374 Å². The van der Waals surface area contributed by atoms with E-state index >= 15 is 0 Å². The molecule has 0 aromatic rings. The molecular formula is C24H42Br2Ca2O24. The van der Waals surface area contributed by atoms with Crippen molar-refractivity contribution >= 4 is 87.4 Å². The number of carboxylic acid groups (broad SMARTS) is 2. The first-order valence-electron chi connectivity index (χ1n) is 13.9. The van der Waals surface area contributed by atoms with Gasteiger partial charge in [0.1, 0.15) is 97.7 Å². The van der Waals surface area contributed by atoms with Crippen molar-refractivity contribution in [2.45, 2.75) is 110 Å². The first-order chi connectivity index (χ1) is 22.3. The fraction of sp³-hybridized carbons (Fsp3) is 0.917. The molecular weight excluding hydrogens is 912 g/mol. The second-order valence-corrected chi connectivity index (χ2v) is 10.6. The van der Waals surface area contributed by atoms with E-state index < -0.39 is 149 Å². The van der Waals surface area contributed by atoms with E-state index in [2.05, 4.69) is 0 Å². The predicted octanol–water partition coefficient (Wildman–Crippen LogP) is -20.8. The van der Waals surface area contributed by atoms with Crippen molar-refractivity contribution in [3.8, 4) is 0 Å². The third-order valence-corrected chi connectivity index (χ3v) is 7.22. The molecule has 24 nitrogen and oxygen atoms in total. The van der Waals surface area contributed by atoms with E-state index in [1.54, 1.807) is 0 Å². The third kappa shape index (κ3) is 16.5. The molecule has 0 aromatic heterocycles. The smallest absolute Gasteiger partial charge is 1.00 e. The molecule has 0 amide bonds. The Hall–Kier alpha value is 1.62. The minimum Gasteiger partial charge on any atom is -1.00 e. The number of carbonyl (C=O) groups is 2. The van der Waals surface area contributed by atoms with Gasteiger partial charge in [0.05, 0.1) is 38.4 Å². The van der Waals surface area contributed by atoms with Gasteiger partial charge in [-0.05, 0) is 0 Å². The molecule has 52 heavy (non-hydrogen) atoms. The zero-order valence-corrected chi connectivity index (χ0v) is 34.4. The zero-order chi connectivity index (χ0) is 37.2. The summed E-state index contributed by atoms with van der Waals surface area (Å²) in [5.74, 6) is -4.18. The van der Waals surface area contributed by atoms with Crippen molar-refractivity contribution in [2.75, 3.05) is 26.4 Å². The van der Waals surface area contributed by atoms with Gasteiger partial charge in [-0.1, -0.05) is 0 Å². The predicted molar refractivity (Wildman–Crippen MR) is 149 cm³/mol. The van der Waals surface area contributed by atoms with E-state index in [4.69, 9.17) is 39.4 Å². The molecule has 0 radical (unpaired) electrons. The SMILES string of the molecule is O=C([O-])[C@H](O)[C@@H](O)[C@H](O[C@@H]1O[C@H](CO)[C@H](O)[C@H](O)[C@H]1O)[C@H](O)CO.O=C([O-])[C@H](O)[C@@H](O)[C@H](O[C@@H]1O[C@H](CO)[C@H](O)[C@H](O)[C@H]1O)[C@H](O)CO.[Br-].[Br-].[Ca+2].[Ca+2]. The van der Waals surface area contributed by atoms with Crippen LogP contribution in [0.1, 0.15) is 0 Å². The second-order valence-electron chi connectivity index (χ2n) is 10.6. The molecule has 0 aliphatic carbocycles. The molecule has 2 saturated heterocycles. The van der Waals surface area contributed by atoms with Crippen LogP contribution in [0.25, 0.3) is 0 Å². The van der Waals surface area contributed by atoms with Gasteiger partial charge in [0.25, 0.3) is 0 Å². The maximum Gasteiger partial charge on any atom is 2.00 e. The first kappa shape index (κ1) is 60.3. The number of carbonyl (C=O) groups excluding carboxylic acids is 2. The summed E-state index contributed by atoms with van der Waals surface area (Å²) in [6.45, 7) is -3.58. The minimum absolute atomic E-state index is 0. The maximum atomic E-state index is 10.6. The number of ether oxygens (including phenoxy) is 4. The van der Waals surface area contributed by atoms with Gasteiger partial charge < -0.3 is 154 Å². The van der Waals surface area contributed by atoms with Gasteiger partial charge in [-0.2, -0.15) is 0 Å². The molecule has 0 bridgehead atoms. The van der Waals surface area contributed by atoms with Crippen molar-refractivity contribution < 1.29 is 154 Å². The summed E-state index contributed by atoms with van der Waals surface area (Å²) in [6, 6.07) is 0. The maximum absolute atomic E-state index is 10.6.